The summed E-state index contributed by atoms with van der Waals surface area (Å²) in [5.41, 5.74) is 5.75. The average Bonchev–Trinajstić information content (AvgIpc) is 3.50. The molecule has 0 radical (unpaired) electrons. The zero-order chi connectivity index (χ0) is 24.3. The van der Waals surface area contributed by atoms with Gasteiger partial charge in [0.15, 0.2) is 23.5 Å². The number of nitrogens with zero attached hydrogens (tertiary/aromatic N) is 3. The molecule has 6 N–H and O–H groups in total. The first kappa shape index (κ1) is 23.4. The van der Waals surface area contributed by atoms with E-state index in [2.05, 4.69) is 20.3 Å². The molecule has 0 saturated carbocycles. The summed E-state index contributed by atoms with van der Waals surface area (Å²) in [5.74, 6) is -1.53. The molecule has 2 aromatic rings. The predicted octanol–water partition coefficient (Wildman–Crippen LogP) is -0.895. The lowest BCUT2D eigenvalue weighted by Crippen LogP contribution is -2.39. The Morgan fingerprint density at radius 2 is 2.18 bits per heavy atom. The van der Waals surface area contributed by atoms with Gasteiger partial charge < -0.3 is 35.1 Å². The van der Waals surface area contributed by atoms with Gasteiger partial charge in [0, 0.05) is 0 Å². The monoisotopic (exact) mass is 499 g/mol. The first-order chi connectivity index (χ1) is 16.0. The molecule has 0 aliphatic carbocycles. The minimum atomic E-state index is -4.48. The fourth-order valence-electron chi connectivity index (χ4n) is 4.52. The van der Waals surface area contributed by atoms with E-state index in [4.69, 9.17) is 24.5 Å². The van der Waals surface area contributed by atoms with Gasteiger partial charge in [0.25, 0.3) is 0 Å². The third kappa shape index (κ3) is 4.24. The number of fused-ring (bicyclic) bond motifs is 2. The summed E-state index contributed by atoms with van der Waals surface area (Å²) in [6, 6.07) is -0.545. The number of aromatic amines is 1. The third-order valence-corrected chi connectivity index (χ3v) is 6.96. The highest BCUT2D eigenvalue weighted by atomic mass is 31.2. The van der Waals surface area contributed by atoms with Crippen LogP contribution in [-0.2, 0) is 28.1 Å². The average molecular weight is 499 g/mol. The molecule has 5 heterocycles. The summed E-state index contributed by atoms with van der Waals surface area (Å²) in [6.45, 7) is 3.65. The van der Waals surface area contributed by atoms with Crippen LogP contribution in [0, 0.1) is 0 Å². The van der Waals surface area contributed by atoms with Gasteiger partial charge in [-0.1, -0.05) is 0 Å². The van der Waals surface area contributed by atoms with Gasteiger partial charge in [-0.15, -0.1) is 0 Å². The summed E-state index contributed by atoms with van der Waals surface area (Å²) < 4.78 is 36.8. The molecule has 1 unspecified atom stereocenters. The second kappa shape index (κ2) is 8.37. The molecule has 3 aliphatic heterocycles. The molecule has 3 saturated heterocycles. The fourth-order valence-corrected chi connectivity index (χ4v) is 5.37. The van der Waals surface area contributed by atoms with Gasteiger partial charge in [0.05, 0.1) is 12.6 Å². The number of amides is 1. The molecule has 34 heavy (non-hydrogen) atoms. The van der Waals surface area contributed by atoms with Crippen LogP contribution in [0.2, 0.25) is 0 Å². The molecule has 2 aromatic heterocycles. The Kier molecular flexibility index (Phi) is 5.75. The molecule has 6 atom stereocenters. The van der Waals surface area contributed by atoms with Gasteiger partial charge >= 0.3 is 13.4 Å². The van der Waals surface area contributed by atoms with Gasteiger partial charge in [-0.25, -0.2) is 23.9 Å². The number of carbonyl (C=O) groups excluding carboxylic acids is 1. The lowest BCUT2D eigenvalue weighted by molar-refractivity contribution is -0.199. The maximum Gasteiger partial charge on any atom is 0.432 e. The minimum absolute atomic E-state index is 0.0907. The fraction of sp³-hybridized carbons (Fsp3) is 0.667. The molecular weight excluding hydrogens is 473 g/mol. The van der Waals surface area contributed by atoms with Crippen molar-refractivity contribution in [3.8, 4) is 0 Å². The van der Waals surface area contributed by atoms with Crippen molar-refractivity contribution >= 4 is 30.6 Å². The van der Waals surface area contributed by atoms with Gasteiger partial charge in [-0.05, 0) is 33.2 Å². The number of nitrogens with two attached hydrogens (primary N) is 1. The molecule has 5 rings (SSSR count). The lowest BCUT2D eigenvalue weighted by Gasteiger charge is -2.25. The summed E-state index contributed by atoms with van der Waals surface area (Å²) in [4.78, 5) is 45.7. The summed E-state index contributed by atoms with van der Waals surface area (Å²) >= 11 is 0. The molecule has 0 aromatic carbocycles. The Morgan fingerprint density at radius 1 is 1.41 bits per heavy atom. The normalized spacial score (nSPS) is 32.0. The van der Waals surface area contributed by atoms with Crippen LogP contribution >= 0.6 is 7.75 Å². The molecule has 0 spiro atoms. The number of hydrogen-bond acceptors (Lipinski definition) is 11. The number of aromatic nitrogens is 4. The number of carbonyl (C=O) groups is 1. The van der Waals surface area contributed by atoms with E-state index in [9.17, 15) is 19.0 Å². The summed E-state index contributed by atoms with van der Waals surface area (Å²) in [6.07, 6.45) is -0.798. The Bertz CT molecular complexity index is 1210. The van der Waals surface area contributed by atoms with E-state index in [1.807, 2.05) is 5.09 Å². The van der Waals surface area contributed by atoms with Crippen LogP contribution in [0.15, 0.2) is 11.1 Å². The lowest BCUT2D eigenvalue weighted by atomic mass is 10.1. The number of rotatable bonds is 6. The van der Waals surface area contributed by atoms with Crippen molar-refractivity contribution in [2.24, 2.45) is 0 Å². The molecule has 3 aliphatic rings. The maximum absolute atomic E-state index is 12.7. The Morgan fingerprint density at radius 3 is 2.91 bits per heavy atom. The third-order valence-electron chi connectivity index (χ3n) is 5.96. The standard InChI is InChI=1S/C18H26N7O8P/c1-18(2)32-11-9(6-30-34(28,29)24-15(26)8-4-3-5-20-8)31-16(12(11)33-18)25-14-10(23-17(25)27)13(19)21-7-22-14/h7-9,11-12,16,20H,3-6H2,1-2H3,(H,23,27)(H2,19,21,22)(H2,24,26,28,29)/t8-,9+,11+,12+,16+/m0/s1. The second-order valence-electron chi connectivity index (χ2n) is 8.83. The zero-order valence-electron chi connectivity index (χ0n) is 18.5. The van der Waals surface area contributed by atoms with Gasteiger partial charge in [0.1, 0.15) is 30.2 Å². The number of imidazole rings is 1. The van der Waals surface area contributed by atoms with Crippen LogP contribution < -0.4 is 21.8 Å². The van der Waals surface area contributed by atoms with Gasteiger partial charge in [-0.3, -0.25) is 14.4 Å². The van der Waals surface area contributed by atoms with Crippen molar-refractivity contribution in [2.75, 3.05) is 18.9 Å². The van der Waals surface area contributed by atoms with Crippen LogP contribution in [0.1, 0.15) is 32.9 Å². The molecule has 186 valence electrons. The number of hydrogen-bond donors (Lipinski definition) is 5. The quantitative estimate of drug-likeness (QED) is 0.307. The number of nitrogen functional groups attached to an aromatic ring is 1. The first-order valence-electron chi connectivity index (χ1n) is 10.8. The van der Waals surface area contributed by atoms with E-state index in [0.29, 0.717) is 13.0 Å². The summed E-state index contributed by atoms with van der Waals surface area (Å²) in [7, 11) is -4.48. The van der Waals surface area contributed by atoms with E-state index in [1.165, 1.54) is 10.9 Å². The number of H-pyrrole nitrogens is 1. The van der Waals surface area contributed by atoms with Crippen LogP contribution in [-0.4, -0.2) is 73.6 Å². The smallest absolute Gasteiger partial charge is 0.382 e. The first-order valence-corrected chi connectivity index (χ1v) is 12.4. The van der Waals surface area contributed by atoms with E-state index in [1.54, 1.807) is 13.8 Å². The minimum Gasteiger partial charge on any atom is -0.382 e. The van der Waals surface area contributed by atoms with E-state index in [-0.39, 0.29) is 17.0 Å². The molecule has 15 nitrogen and oxygen atoms in total. The molecule has 3 fully saturated rings. The largest absolute Gasteiger partial charge is 0.432 e. The predicted molar refractivity (Wildman–Crippen MR) is 115 cm³/mol. The van der Waals surface area contributed by atoms with Crippen molar-refractivity contribution in [1.82, 2.24) is 29.9 Å². The van der Waals surface area contributed by atoms with Crippen LogP contribution in [0.5, 0.6) is 0 Å². The zero-order valence-corrected chi connectivity index (χ0v) is 19.4. The Hall–Kier alpha value is -2.39. The van der Waals surface area contributed by atoms with Gasteiger partial charge in [-0.2, -0.15) is 0 Å². The van der Waals surface area contributed by atoms with Crippen molar-refractivity contribution in [3.63, 3.8) is 0 Å². The second-order valence-corrected chi connectivity index (χ2v) is 10.4. The molecular formula is C18H26N7O8P. The molecule has 0 bridgehead atoms. The van der Waals surface area contributed by atoms with Crippen LogP contribution in [0.25, 0.3) is 11.2 Å². The molecule has 16 heteroatoms. The molecule has 1 amide bonds. The van der Waals surface area contributed by atoms with Crippen molar-refractivity contribution in [1.29, 1.82) is 0 Å². The van der Waals surface area contributed by atoms with Crippen molar-refractivity contribution < 1.29 is 33.0 Å². The van der Waals surface area contributed by atoms with E-state index < -0.39 is 62.3 Å². The number of anilines is 1. The topological polar surface area (TPSA) is 205 Å². The highest BCUT2D eigenvalue weighted by Gasteiger charge is 2.57. The van der Waals surface area contributed by atoms with Crippen LogP contribution in [0.3, 0.4) is 0 Å². The van der Waals surface area contributed by atoms with Gasteiger partial charge in [0.2, 0.25) is 5.91 Å². The van der Waals surface area contributed by atoms with Crippen molar-refractivity contribution in [3.05, 3.63) is 16.8 Å². The maximum atomic E-state index is 12.7. The summed E-state index contributed by atoms with van der Waals surface area (Å²) in [5, 5.41) is 4.99. The van der Waals surface area contributed by atoms with E-state index in [0.717, 1.165) is 6.42 Å². The number of ether oxygens (including phenoxy) is 3. The van der Waals surface area contributed by atoms with Crippen LogP contribution in [0.4, 0.5) is 5.82 Å². The van der Waals surface area contributed by atoms with E-state index >= 15 is 0 Å². The highest BCUT2D eigenvalue weighted by Crippen LogP contribution is 2.45. The van der Waals surface area contributed by atoms with Crippen molar-refractivity contribution in [2.45, 2.75) is 63.1 Å². The highest BCUT2D eigenvalue weighted by molar-refractivity contribution is 7.51. The SMILES string of the molecule is CC1(C)O[C@@H]2[C@H](O1)[C@@H](COP(=O)(O)NC(=O)[C@@H]1CCCN1)O[C@H]2n1c(=O)[nH]c2c(N)ncnc21. The Labute approximate surface area is 192 Å². The Balaban J connectivity index is 1.36. The number of nitrogens with one attached hydrogen (secondary N) is 3.